The predicted molar refractivity (Wildman–Crippen MR) is 101 cm³/mol. The van der Waals surface area contributed by atoms with Gasteiger partial charge in [-0.2, -0.15) is 0 Å². The van der Waals surface area contributed by atoms with Gasteiger partial charge >= 0.3 is 0 Å². The highest BCUT2D eigenvalue weighted by molar-refractivity contribution is 9.10. The Bertz CT molecular complexity index is 985. The van der Waals surface area contributed by atoms with Crippen molar-refractivity contribution in [3.63, 3.8) is 0 Å². The van der Waals surface area contributed by atoms with E-state index in [1.807, 2.05) is 0 Å². The van der Waals surface area contributed by atoms with Crippen molar-refractivity contribution in [2.45, 2.75) is 0 Å². The van der Waals surface area contributed by atoms with E-state index in [9.17, 15) is 9.18 Å². The van der Waals surface area contributed by atoms with E-state index in [-0.39, 0.29) is 17.3 Å². The normalized spacial score (nSPS) is 10.5. The van der Waals surface area contributed by atoms with Crippen LogP contribution in [0.15, 0.2) is 47.3 Å². The second-order valence-electron chi connectivity index (χ2n) is 5.14. The van der Waals surface area contributed by atoms with Crippen LogP contribution in [0.2, 0.25) is 5.02 Å². The van der Waals surface area contributed by atoms with Gasteiger partial charge in [-0.25, -0.2) is 14.4 Å². The van der Waals surface area contributed by atoms with Crippen LogP contribution in [0.25, 0.3) is 11.4 Å². The molecule has 0 aliphatic rings. The average molecular weight is 437 g/mol. The second-order valence-corrected chi connectivity index (χ2v) is 6.43. The van der Waals surface area contributed by atoms with Gasteiger partial charge in [-0.1, -0.05) is 11.6 Å². The highest BCUT2D eigenvalue weighted by Gasteiger charge is 2.15. The summed E-state index contributed by atoms with van der Waals surface area (Å²) >= 11 is 9.29. The Kier molecular flexibility index (Phi) is 5.43. The fourth-order valence-corrected chi connectivity index (χ4v) is 2.66. The lowest BCUT2D eigenvalue weighted by Gasteiger charge is -2.12. The molecule has 0 atom stereocenters. The fraction of sp³-hybridized carbons (Fsp3) is 0.0588. The Hall–Kier alpha value is -2.58. The summed E-state index contributed by atoms with van der Waals surface area (Å²) in [6.07, 6.45) is 4.47. The Balaban J connectivity index is 2.02. The molecular formula is C17H12BrClFN5O. The van der Waals surface area contributed by atoms with Gasteiger partial charge in [0.05, 0.1) is 21.3 Å². The van der Waals surface area contributed by atoms with Crippen LogP contribution >= 0.6 is 27.5 Å². The van der Waals surface area contributed by atoms with Crippen LogP contribution in [0, 0.1) is 5.82 Å². The quantitative estimate of drug-likeness (QED) is 0.641. The molecule has 0 radical (unpaired) electrons. The van der Waals surface area contributed by atoms with Crippen LogP contribution < -0.4 is 10.6 Å². The van der Waals surface area contributed by atoms with E-state index in [0.29, 0.717) is 26.6 Å². The zero-order valence-corrected chi connectivity index (χ0v) is 15.8. The number of carbonyl (C=O) groups excluding carboxylic acids is 1. The minimum absolute atomic E-state index is 0.159. The molecule has 0 fully saturated rings. The minimum Gasteiger partial charge on any atom is -0.355 e. The van der Waals surface area contributed by atoms with E-state index in [1.54, 1.807) is 12.3 Å². The first-order valence-corrected chi connectivity index (χ1v) is 8.57. The standard InChI is InChI=1S/C17H12BrClFN5O/c1-21-17(26)11-7-22-5-4-14(11)24-16-12(18)8-23-15(25-16)10-6-9(19)2-3-13(10)20/h2-8H,1H3,(H,21,26)(H,22,23,24,25). The summed E-state index contributed by atoms with van der Waals surface area (Å²) in [5, 5.41) is 5.96. The number of anilines is 2. The summed E-state index contributed by atoms with van der Waals surface area (Å²) in [5.74, 6) is -0.263. The highest BCUT2D eigenvalue weighted by Crippen LogP contribution is 2.29. The van der Waals surface area contributed by atoms with Crippen molar-refractivity contribution in [2.24, 2.45) is 0 Å². The van der Waals surface area contributed by atoms with Crippen LogP contribution in [0.1, 0.15) is 10.4 Å². The summed E-state index contributed by atoms with van der Waals surface area (Å²) in [4.78, 5) is 24.4. The van der Waals surface area contributed by atoms with Gasteiger partial charge in [-0.15, -0.1) is 0 Å². The Labute approximate surface area is 162 Å². The number of hydrogen-bond donors (Lipinski definition) is 2. The molecule has 0 unspecified atom stereocenters. The van der Waals surface area contributed by atoms with Gasteiger partial charge in [0.1, 0.15) is 11.6 Å². The maximum absolute atomic E-state index is 14.1. The third-order valence-electron chi connectivity index (χ3n) is 3.46. The maximum atomic E-state index is 14.1. The van der Waals surface area contributed by atoms with Crippen molar-refractivity contribution in [3.05, 3.63) is 63.7 Å². The Morgan fingerprint density at radius 3 is 2.85 bits per heavy atom. The number of rotatable bonds is 4. The molecule has 0 saturated heterocycles. The van der Waals surface area contributed by atoms with Gasteiger partial charge in [0.25, 0.3) is 5.91 Å². The molecule has 3 rings (SSSR count). The van der Waals surface area contributed by atoms with Crippen LogP contribution in [0.4, 0.5) is 15.9 Å². The number of amides is 1. The fourth-order valence-electron chi connectivity index (χ4n) is 2.20. The summed E-state index contributed by atoms with van der Waals surface area (Å²) in [6, 6.07) is 5.79. The molecule has 26 heavy (non-hydrogen) atoms. The van der Waals surface area contributed by atoms with Gasteiger partial charge in [0, 0.05) is 30.7 Å². The molecule has 1 amide bonds. The zero-order chi connectivity index (χ0) is 18.7. The van der Waals surface area contributed by atoms with Gasteiger partial charge in [-0.05, 0) is 40.2 Å². The first kappa shape index (κ1) is 18.2. The maximum Gasteiger partial charge on any atom is 0.254 e. The molecule has 1 aromatic carbocycles. The third-order valence-corrected chi connectivity index (χ3v) is 4.27. The molecule has 3 aromatic rings. The summed E-state index contributed by atoms with van der Waals surface area (Å²) in [6.45, 7) is 0. The summed E-state index contributed by atoms with van der Waals surface area (Å²) in [5.41, 5.74) is 1.02. The van der Waals surface area contributed by atoms with Gasteiger partial charge in [-0.3, -0.25) is 9.78 Å². The number of benzene rings is 1. The molecule has 2 aromatic heterocycles. The molecule has 132 valence electrons. The molecule has 6 nitrogen and oxygen atoms in total. The lowest BCUT2D eigenvalue weighted by molar-refractivity contribution is 0.0963. The van der Waals surface area contributed by atoms with Gasteiger partial charge in [0.15, 0.2) is 5.82 Å². The molecular weight excluding hydrogens is 425 g/mol. The monoisotopic (exact) mass is 435 g/mol. The number of pyridine rings is 1. The largest absolute Gasteiger partial charge is 0.355 e. The molecule has 0 saturated carbocycles. The topological polar surface area (TPSA) is 79.8 Å². The lowest BCUT2D eigenvalue weighted by Crippen LogP contribution is -2.19. The van der Waals surface area contributed by atoms with Gasteiger partial charge in [0.2, 0.25) is 0 Å². The van der Waals surface area contributed by atoms with E-state index in [0.717, 1.165) is 0 Å². The minimum atomic E-state index is -0.488. The summed E-state index contributed by atoms with van der Waals surface area (Å²) in [7, 11) is 1.53. The molecule has 2 heterocycles. The van der Waals surface area contributed by atoms with Crippen LogP contribution in [0.3, 0.4) is 0 Å². The number of nitrogens with zero attached hydrogens (tertiary/aromatic N) is 3. The molecule has 0 bridgehead atoms. The van der Waals surface area contributed by atoms with E-state index in [2.05, 4.69) is 41.5 Å². The van der Waals surface area contributed by atoms with E-state index < -0.39 is 5.82 Å². The van der Waals surface area contributed by atoms with Crippen LogP contribution in [-0.4, -0.2) is 27.9 Å². The number of carbonyl (C=O) groups is 1. The van der Waals surface area contributed by atoms with Crippen molar-refractivity contribution in [2.75, 3.05) is 12.4 Å². The van der Waals surface area contributed by atoms with Crippen molar-refractivity contribution < 1.29 is 9.18 Å². The smallest absolute Gasteiger partial charge is 0.254 e. The second kappa shape index (κ2) is 7.76. The number of halogens is 3. The molecule has 0 spiro atoms. The first-order chi connectivity index (χ1) is 12.5. The SMILES string of the molecule is CNC(=O)c1cnccc1Nc1nc(-c2cc(Cl)ccc2F)ncc1Br. The molecule has 0 aliphatic heterocycles. The number of nitrogens with one attached hydrogen (secondary N) is 2. The Morgan fingerprint density at radius 1 is 1.27 bits per heavy atom. The zero-order valence-electron chi connectivity index (χ0n) is 13.4. The Morgan fingerprint density at radius 2 is 2.08 bits per heavy atom. The van der Waals surface area contributed by atoms with Crippen LogP contribution in [0.5, 0.6) is 0 Å². The number of hydrogen-bond acceptors (Lipinski definition) is 5. The van der Waals surface area contributed by atoms with Crippen molar-refractivity contribution in [1.29, 1.82) is 0 Å². The van der Waals surface area contributed by atoms with Crippen molar-refractivity contribution in [3.8, 4) is 11.4 Å². The first-order valence-electron chi connectivity index (χ1n) is 7.40. The van der Waals surface area contributed by atoms with E-state index in [4.69, 9.17) is 11.6 Å². The third kappa shape index (κ3) is 3.81. The predicted octanol–water partition coefficient (Wildman–Crippen LogP) is 4.20. The molecule has 0 aliphatic carbocycles. The van der Waals surface area contributed by atoms with Gasteiger partial charge < -0.3 is 10.6 Å². The average Bonchev–Trinajstić information content (AvgIpc) is 2.65. The number of aromatic nitrogens is 3. The summed E-state index contributed by atoms with van der Waals surface area (Å²) < 4.78 is 14.6. The van der Waals surface area contributed by atoms with Crippen molar-refractivity contribution in [1.82, 2.24) is 20.3 Å². The molecule has 9 heteroatoms. The van der Waals surface area contributed by atoms with E-state index >= 15 is 0 Å². The highest BCUT2D eigenvalue weighted by atomic mass is 79.9. The van der Waals surface area contributed by atoms with Crippen LogP contribution in [-0.2, 0) is 0 Å². The molecule has 2 N–H and O–H groups in total. The van der Waals surface area contributed by atoms with E-state index in [1.165, 1.54) is 37.6 Å². The lowest BCUT2D eigenvalue weighted by atomic mass is 10.2. The van der Waals surface area contributed by atoms with Crippen molar-refractivity contribution >= 4 is 44.9 Å².